The Hall–Kier alpha value is -0.00377. The summed E-state index contributed by atoms with van der Waals surface area (Å²) < 4.78 is 0. The summed E-state index contributed by atoms with van der Waals surface area (Å²) in [5.41, 5.74) is 0. The summed E-state index contributed by atoms with van der Waals surface area (Å²) in [6.07, 6.45) is -2.33. The van der Waals surface area contributed by atoms with Gasteiger partial charge in [0.15, 0.2) is 0 Å². The summed E-state index contributed by atoms with van der Waals surface area (Å²) in [5.74, 6) is 0. The third-order valence-corrected chi connectivity index (χ3v) is 0. The van der Waals surface area contributed by atoms with E-state index in [0.717, 1.165) is 0 Å². The maximum Gasteiger partial charge on any atom is 2.00 e. The van der Waals surface area contributed by atoms with E-state index in [9.17, 15) is 0 Å². The Balaban J connectivity index is -0.0000000450. The molecule has 0 amide bonds. The van der Waals surface area contributed by atoms with E-state index in [-0.39, 0.29) is 29.2 Å². The Labute approximate surface area is 50.9 Å². The third kappa shape index (κ3) is 2530000. The number of carbonyl (C=O) groups is 1. The zero-order valence-electron chi connectivity index (χ0n) is 3.43. The SMILES string of the molecule is O=C([O-])[O-].[Mg+2].[NH4+]. The Morgan fingerprint density at radius 2 is 1.33 bits per heavy atom. The minimum absolute atomic E-state index is 0. The molecule has 0 rings (SSSR count). The summed E-state index contributed by atoms with van der Waals surface area (Å²) in [6.45, 7) is 0. The van der Waals surface area contributed by atoms with Crippen LogP contribution in [0.4, 0.5) is 4.79 Å². The average molecular weight is 102 g/mol. The van der Waals surface area contributed by atoms with Crippen molar-refractivity contribution in [3.8, 4) is 0 Å². The number of carboxylic acid groups (broad SMARTS) is 2. The average Bonchev–Trinajstić information content (AvgIpc) is 0.811. The standard InChI is InChI=1S/CH2O3.Mg.H3N/c2-1(3)4;;/h(H2,2,3,4);;1H3/q;+2;/p-1. The normalized spacial score (nSPS) is 4.00. The van der Waals surface area contributed by atoms with Crippen LogP contribution in [-0.4, -0.2) is 29.2 Å². The molecule has 32 valence electrons. The van der Waals surface area contributed by atoms with Gasteiger partial charge in [-0.1, -0.05) is 0 Å². The molecule has 0 aromatic heterocycles. The first-order chi connectivity index (χ1) is 1.73. The number of hydrogen-bond acceptors (Lipinski definition) is 3. The van der Waals surface area contributed by atoms with Gasteiger partial charge in [-0.3, -0.25) is 0 Å². The fraction of sp³-hybridized carbons (Fsp3) is 0. The molecular weight excluding hydrogens is 98.3 g/mol. The fourth-order valence-electron chi connectivity index (χ4n) is 0. The maximum absolute atomic E-state index is 8.33. The number of carbonyl (C=O) groups excluding carboxylic acids is 1. The predicted octanol–water partition coefficient (Wildman–Crippen LogP) is -2.45. The first kappa shape index (κ1) is 16.7. The molecule has 0 heterocycles. The van der Waals surface area contributed by atoms with Crippen molar-refractivity contribution in [1.82, 2.24) is 6.15 Å². The molecule has 0 aromatic rings. The van der Waals surface area contributed by atoms with E-state index in [1.807, 2.05) is 0 Å². The van der Waals surface area contributed by atoms with E-state index in [2.05, 4.69) is 0 Å². The van der Waals surface area contributed by atoms with Gasteiger partial charge in [0.1, 0.15) is 0 Å². The second kappa shape index (κ2) is 8.89. The van der Waals surface area contributed by atoms with Gasteiger partial charge in [0.25, 0.3) is 0 Å². The quantitative estimate of drug-likeness (QED) is 0.344. The van der Waals surface area contributed by atoms with E-state index in [1.165, 1.54) is 0 Å². The molecule has 4 nitrogen and oxygen atoms in total. The van der Waals surface area contributed by atoms with Gasteiger partial charge in [0.2, 0.25) is 0 Å². The van der Waals surface area contributed by atoms with Gasteiger partial charge in [-0.15, -0.1) is 0 Å². The van der Waals surface area contributed by atoms with Crippen LogP contribution >= 0.6 is 0 Å². The van der Waals surface area contributed by atoms with E-state index >= 15 is 0 Å². The van der Waals surface area contributed by atoms with E-state index < -0.39 is 6.16 Å². The fourth-order valence-corrected chi connectivity index (χ4v) is 0. The summed E-state index contributed by atoms with van der Waals surface area (Å²) in [7, 11) is 0. The number of quaternary nitrogens is 1. The van der Waals surface area contributed by atoms with Gasteiger partial charge >= 0.3 is 23.1 Å². The molecule has 0 fully saturated rings. The molecule has 0 saturated heterocycles. The molecule has 0 aliphatic rings. The molecule has 0 radical (unpaired) electrons. The molecule has 0 atom stereocenters. The molecule has 0 saturated carbocycles. The van der Waals surface area contributed by atoms with Crippen LogP contribution in [0.5, 0.6) is 0 Å². The largest absolute Gasteiger partial charge is 2.00 e. The van der Waals surface area contributed by atoms with Crippen molar-refractivity contribution in [3.63, 3.8) is 0 Å². The second-order valence-corrected chi connectivity index (χ2v) is 0.250. The third-order valence-electron chi connectivity index (χ3n) is 0. The van der Waals surface area contributed by atoms with Crippen molar-refractivity contribution in [3.05, 3.63) is 0 Å². The van der Waals surface area contributed by atoms with Crippen LogP contribution in [0.3, 0.4) is 0 Å². The Morgan fingerprint density at radius 1 is 1.33 bits per heavy atom. The van der Waals surface area contributed by atoms with Gasteiger partial charge < -0.3 is 21.2 Å². The van der Waals surface area contributed by atoms with Crippen LogP contribution in [0.1, 0.15) is 0 Å². The molecule has 0 spiro atoms. The Morgan fingerprint density at radius 3 is 1.33 bits per heavy atom. The van der Waals surface area contributed by atoms with Gasteiger partial charge in [-0.25, -0.2) is 0 Å². The number of rotatable bonds is 0. The zero-order chi connectivity index (χ0) is 3.58. The van der Waals surface area contributed by atoms with Crippen molar-refractivity contribution < 1.29 is 15.0 Å². The van der Waals surface area contributed by atoms with Gasteiger partial charge in [0.05, 0.1) is 0 Å². The summed E-state index contributed by atoms with van der Waals surface area (Å²) >= 11 is 0. The molecular formula is CH4MgNO3+. The van der Waals surface area contributed by atoms with E-state index in [0.29, 0.717) is 0 Å². The molecule has 5 heteroatoms. The molecule has 0 aliphatic heterocycles. The van der Waals surface area contributed by atoms with E-state index in [1.54, 1.807) is 0 Å². The topological polar surface area (TPSA) is 99.7 Å². The Kier molecular flexibility index (Phi) is 24.7. The maximum atomic E-state index is 8.33. The van der Waals surface area contributed by atoms with Crippen LogP contribution in [0.2, 0.25) is 0 Å². The molecule has 0 aromatic carbocycles. The van der Waals surface area contributed by atoms with Crippen LogP contribution in [0.25, 0.3) is 0 Å². The van der Waals surface area contributed by atoms with Crippen LogP contribution in [-0.2, 0) is 0 Å². The minimum Gasteiger partial charge on any atom is -0.652 e. The summed E-state index contributed by atoms with van der Waals surface area (Å²) in [5, 5.41) is 16.7. The second-order valence-electron chi connectivity index (χ2n) is 0.250. The monoisotopic (exact) mass is 102 g/mol. The molecule has 0 bridgehead atoms. The van der Waals surface area contributed by atoms with Crippen molar-refractivity contribution in [1.29, 1.82) is 0 Å². The zero-order valence-corrected chi connectivity index (χ0v) is 4.85. The minimum atomic E-state index is -2.33. The van der Waals surface area contributed by atoms with E-state index in [4.69, 9.17) is 15.0 Å². The van der Waals surface area contributed by atoms with Crippen LogP contribution in [0, 0.1) is 0 Å². The Bertz CT molecular complexity index is 33.8. The molecule has 0 aliphatic carbocycles. The van der Waals surface area contributed by atoms with Crippen LogP contribution in [0.15, 0.2) is 0 Å². The first-order valence-electron chi connectivity index (χ1n) is 0.612. The smallest absolute Gasteiger partial charge is 0.652 e. The molecule has 0 unspecified atom stereocenters. The van der Waals surface area contributed by atoms with Crippen molar-refractivity contribution in [2.45, 2.75) is 0 Å². The van der Waals surface area contributed by atoms with Crippen molar-refractivity contribution >= 4 is 29.2 Å². The number of hydrogen-bond donors (Lipinski definition) is 1. The van der Waals surface area contributed by atoms with Crippen molar-refractivity contribution in [2.24, 2.45) is 0 Å². The molecule has 4 N–H and O–H groups in total. The van der Waals surface area contributed by atoms with Crippen LogP contribution < -0.4 is 16.4 Å². The molecule has 6 heavy (non-hydrogen) atoms. The predicted molar refractivity (Wildman–Crippen MR) is 17.1 cm³/mol. The first-order valence-corrected chi connectivity index (χ1v) is 0.612. The summed E-state index contributed by atoms with van der Waals surface area (Å²) in [4.78, 5) is 8.33. The van der Waals surface area contributed by atoms with Gasteiger partial charge in [-0.05, 0) is 6.16 Å². The van der Waals surface area contributed by atoms with Gasteiger partial charge in [0, 0.05) is 0 Å². The summed E-state index contributed by atoms with van der Waals surface area (Å²) in [6, 6.07) is 0. The van der Waals surface area contributed by atoms with Gasteiger partial charge in [-0.2, -0.15) is 0 Å². The van der Waals surface area contributed by atoms with Crippen molar-refractivity contribution in [2.75, 3.05) is 0 Å².